The van der Waals surface area contributed by atoms with Crippen LogP contribution in [0.25, 0.3) is 0 Å². The van der Waals surface area contributed by atoms with Gasteiger partial charge in [-0.3, -0.25) is 9.59 Å². The average Bonchev–Trinajstić information content (AvgIpc) is 3.33. The number of anilines is 2. The van der Waals surface area contributed by atoms with E-state index in [1.54, 1.807) is 18.2 Å². The molecule has 0 fully saturated rings. The summed E-state index contributed by atoms with van der Waals surface area (Å²) in [5.74, 6) is -2.06. The Labute approximate surface area is 243 Å². The predicted molar refractivity (Wildman–Crippen MR) is 147 cm³/mol. The van der Waals surface area contributed by atoms with Crippen LogP contribution in [0.2, 0.25) is 5.02 Å². The number of amides is 1. The summed E-state index contributed by atoms with van der Waals surface area (Å²) in [7, 11) is 1.43. The fraction of sp³-hybridized carbons (Fsp3) is 0.310. The molecule has 0 saturated carbocycles. The maximum atomic E-state index is 15.2. The van der Waals surface area contributed by atoms with E-state index < -0.39 is 35.8 Å². The number of carbonyl (C=O) groups excluding carboxylic acids is 1. The SMILES string of the molecule is COc1cc(NC(C(=O)N2CCc3ccc(OC(F)(F)F)cc32)c2ccc(Cl)cc2F)cc(OCCCCC(=O)O)c1. The first-order valence-electron chi connectivity index (χ1n) is 12.9. The number of alkyl halides is 3. The van der Waals surface area contributed by atoms with Gasteiger partial charge >= 0.3 is 12.3 Å². The summed E-state index contributed by atoms with van der Waals surface area (Å²) in [5.41, 5.74) is 1.14. The number of carbonyl (C=O) groups is 2. The highest BCUT2D eigenvalue weighted by atomic mass is 35.5. The van der Waals surface area contributed by atoms with Crippen molar-refractivity contribution in [3.8, 4) is 17.2 Å². The highest BCUT2D eigenvalue weighted by Crippen LogP contribution is 2.37. The van der Waals surface area contributed by atoms with Gasteiger partial charge in [0, 0.05) is 53.5 Å². The van der Waals surface area contributed by atoms with Crippen molar-refractivity contribution < 1.29 is 46.5 Å². The number of unbranched alkanes of at least 4 members (excludes halogenated alkanes) is 1. The number of methoxy groups -OCH3 is 1. The van der Waals surface area contributed by atoms with E-state index in [0.717, 1.165) is 12.1 Å². The summed E-state index contributed by atoms with van der Waals surface area (Å²) < 4.78 is 68.9. The topological polar surface area (TPSA) is 97.3 Å². The second kappa shape index (κ2) is 13.2. The molecule has 0 spiro atoms. The molecule has 1 unspecified atom stereocenters. The summed E-state index contributed by atoms with van der Waals surface area (Å²) in [6, 6.07) is 11.0. The lowest BCUT2D eigenvalue weighted by molar-refractivity contribution is -0.274. The molecule has 1 aliphatic rings. The van der Waals surface area contributed by atoms with Crippen LogP contribution in [-0.2, 0) is 16.0 Å². The fourth-order valence-electron chi connectivity index (χ4n) is 4.54. The van der Waals surface area contributed by atoms with E-state index in [9.17, 15) is 22.8 Å². The number of halogens is 5. The fourth-order valence-corrected chi connectivity index (χ4v) is 4.70. The van der Waals surface area contributed by atoms with Crippen LogP contribution >= 0.6 is 11.6 Å². The molecule has 0 aliphatic carbocycles. The van der Waals surface area contributed by atoms with Crippen LogP contribution in [-0.4, -0.2) is 43.6 Å². The Morgan fingerprint density at radius 1 is 1.05 bits per heavy atom. The molecule has 4 rings (SSSR count). The number of hydrogen-bond acceptors (Lipinski definition) is 6. The third kappa shape index (κ3) is 7.96. The van der Waals surface area contributed by atoms with Crippen molar-refractivity contribution >= 4 is 34.9 Å². The number of ether oxygens (including phenoxy) is 3. The molecule has 0 bridgehead atoms. The van der Waals surface area contributed by atoms with E-state index in [4.69, 9.17) is 26.2 Å². The third-order valence-corrected chi connectivity index (χ3v) is 6.69. The Balaban J connectivity index is 1.64. The third-order valence-electron chi connectivity index (χ3n) is 6.45. The van der Waals surface area contributed by atoms with E-state index in [2.05, 4.69) is 10.1 Å². The van der Waals surface area contributed by atoms with Gasteiger partial charge in [-0.2, -0.15) is 0 Å². The average molecular weight is 611 g/mol. The Bertz CT molecular complexity index is 1450. The lowest BCUT2D eigenvalue weighted by Crippen LogP contribution is -2.37. The lowest BCUT2D eigenvalue weighted by Gasteiger charge is -2.27. The van der Waals surface area contributed by atoms with E-state index in [0.29, 0.717) is 42.0 Å². The number of hydrogen-bond donors (Lipinski definition) is 2. The van der Waals surface area contributed by atoms with Crippen LogP contribution in [0, 0.1) is 5.82 Å². The minimum atomic E-state index is -4.92. The minimum Gasteiger partial charge on any atom is -0.497 e. The zero-order valence-corrected chi connectivity index (χ0v) is 23.1. The number of nitrogens with one attached hydrogen (secondary N) is 1. The standard InChI is InChI=1S/C29H27ClF4N2O6/c1-40-21-13-19(14-22(15-21)41-11-3-2-4-26(37)38)35-27(23-8-6-18(30)12-24(23)31)28(39)36-10-9-17-5-7-20(16-25(17)36)42-29(32,33)34/h5-8,12-16,27,35H,2-4,9-11H2,1H3,(H,37,38). The normalized spacial score (nSPS) is 13.3. The Morgan fingerprint density at radius 3 is 2.50 bits per heavy atom. The van der Waals surface area contributed by atoms with Crippen molar-refractivity contribution in [2.45, 2.75) is 38.1 Å². The first kappa shape index (κ1) is 30.8. The van der Waals surface area contributed by atoms with Crippen molar-refractivity contribution in [2.75, 3.05) is 30.5 Å². The van der Waals surface area contributed by atoms with Gasteiger partial charge in [-0.1, -0.05) is 23.7 Å². The highest BCUT2D eigenvalue weighted by Gasteiger charge is 2.35. The van der Waals surface area contributed by atoms with Crippen molar-refractivity contribution in [1.29, 1.82) is 0 Å². The quantitative estimate of drug-likeness (QED) is 0.173. The van der Waals surface area contributed by atoms with Crippen LogP contribution in [0.15, 0.2) is 54.6 Å². The molecule has 2 N–H and O–H groups in total. The molecule has 0 radical (unpaired) electrons. The molecule has 0 aromatic heterocycles. The van der Waals surface area contributed by atoms with Gasteiger partial charge < -0.3 is 29.5 Å². The van der Waals surface area contributed by atoms with Gasteiger partial charge in [-0.25, -0.2) is 4.39 Å². The molecule has 224 valence electrons. The van der Waals surface area contributed by atoms with Gasteiger partial charge in [-0.15, -0.1) is 13.2 Å². The molecular weight excluding hydrogens is 584 g/mol. The van der Waals surface area contributed by atoms with E-state index in [1.165, 1.54) is 36.3 Å². The van der Waals surface area contributed by atoms with Crippen molar-refractivity contribution in [2.24, 2.45) is 0 Å². The molecule has 42 heavy (non-hydrogen) atoms. The lowest BCUT2D eigenvalue weighted by atomic mass is 10.0. The minimum absolute atomic E-state index is 0.00811. The maximum Gasteiger partial charge on any atom is 0.573 e. The van der Waals surface area contributed by atoms with Crippen molar-refractivity contribution in [3.63, 3.8) is 0 Å². The van der Waals surface area contributed by atoms with Gasteiger partial charge in [0.1, 0.15) is 29.1 Å². The number of rotatable bonds is 12. The zero-order valence-electron chi connectivity index (χ0n) is 22.3. The van der Waals surface area contributed by atoms with Crippen molar-refractivity contribution in [1.82, 2.24) is 0 Å². The van der Waals surface area contributed by atoms with Crippen LogP contribution in [0.3, 0.4) is 0 Å². The zero-order chi connectivity index (χ0) is 30.4. The van der Waals surface area contributed by atoms with Crippen LogP contribution in [0.1, 0.15) is 36.4 Å². The second-order valence-corrected chi connectivity index (χ2v) is 9.85. The first-order valence-corrected chi connectivity index (χ1v) is 13.3. The number of aliphatic carboxylic acids is 1. The molecule has 13 heteroatoms. The molecular formula is C29H27ClF4N2O6. The Kier molecular flexibility index (Phi) is 9.66. The van der Waals surface area contributed by atoms with Crippen LogP contribution in [0.4, 0.5) is 28.9 Å². The number of nitrogens with zero attached hydrogens (tertiary/aromatic N) is 1. The van der Waals surface area contributed by atoms with Gasteiger partial charge in [0.05, 0.1) is 19.4 Å². The maximum absolute atomic E-state index is 15.2. The number of carboxylic acid groups (broad SMARTS) is 1. The monoisotopic (exact) mass is 610 g/mol. The Hall–Kier alpha value is -4.19. The summed E-state index contributed by atoms with van der Waals surface area (Å²) in [6.07, 6.45) is -3.63. The smallest absolute Gasteiger partial charge is 0.497 e. The van der Waals surface area contributed by atoms with Gasteiger partial charge in [0.15, 0.2) is 0 Å². The molecule has 1 heterocycles. The largest absolute Gasteiger partial charge is 0.573 e. The summed E-state index contributed by atoms with van der Waals surface area (Å²) in [4.78, 5) is 26.0. The summed E-state index contributed by atoms with van der Waals surface area (Å²) in [5, 5.41) is 11.9. The molecule has 1 amide bonds. The molecule has 8 nitrogen and oxygen atoms in total. The second-order valence-electron chi connectivity index (χ2n) is 9.42. The summed E-state index contributed by atoms with van der Waals surface area (Å²) in [6.45, 7) is 0.376. The number of fused-ring (bicyclic) bond motifs is 1. The highest BCUT2D eigenvalue weighted by molar-refractivity contribution is 6.30. The molecule has 1 atom stereocenters. The Morgan fingerprint density at radius 2 is 1.81 bits per heavy atom. The van der Waals surface area contributed by atoms with Gasteiger partial charge in [-0.05, 0) is 43.0 Å². The number of carboxylic acids is 1. The number of benzene rings is 3. The van der Waals surface area contributed by atoms with Gasteiger partial charge in [0.25, 0.3) is 5.91 Å². The molecule has 3 aromatic carbocycles. The van der Waals surface area contributed by atoms with E-state index >= 15 is 4.39 Å². The van der Waals surface area contributed by atoms with Crippen LogP contribution < -0.4 is 24.4 Å². The van der Waals surface area contributed by atoms with Crippen molar-refractivity contribution in [3.05, 3.63) is 76.6 Å². The van der Waals surface area contributed by atoms with Gasteiger partial charge in [0.2, 0.25) is 0 Å². The first-order chi connectivity index (χ1) is 19.9. The molecule has 3 aromatic rings. The molecule has 0 saturated heterocycles. The predicted octanol–water partition coefficient (Wildman–Crippen LogP) is 6.76. The van der Waals surface area contributed by atoms with E-state index in [-0.39, 0.29) is 35.8 Å². The van der Waals surface area contributed by atoms with Crippen LogP contribution in [0.5, 0.6) is 17.2 Å². The summed E-state index contributed by atoms with van der Waals surface area (Å²) >= 11 is 5.95. The molecule has 1 aliphatic heterocycles. The van der Waals surface area contributed by atoms with E-state index in [1.807, 2.05) is 0 Å².